The Hall–Kier alpha value is -0.790. The van der Waals surface area contributed by atoms with E-state index in [0.29, 0.717) is 5.82 Å². The quantitative estimate of drug-likeness (QED) is 0.861. The lowest BCUT2D eigenvalue weighted by Gasteiger charge is -1.98. The van der Waals surface area contributed by atoms with Crippen molar-refractivity contribution in [3.63, 3.8) is 0 Å². The van der Waals surface area contributed by atoms with Crippen LogP contribution in [-0.2, 0) is 5.75 Å². The maximum absolute atomic E-state index is 5.60. The molecule has 16 heavy (non-hydrogen) atoms. The standard InChI is InChI=1S/C9H10N4S3/c1-14-8-12-13-9(16-8)15-5-6-3-2-4-7(10)11-6/h2-4H,5H2,1H3,(H2,10,11). The second-order valence-corrected chi connectivity index (χ2v) is 6.13. The van der Waals surface area contributed by atoms with Gasteiger partial charge in [0.1, 0.15) is 5.82 Å². The summed E-state index contributed by atoms with van der Waals surface area (Å²) in [4.78, 5) is 4.22. The van der Waals surface area contributed by atoms with Gasteiger partial charge in [-0.2, -0.15) is 0 Å². The summed E-state index contributed by atoms with van der Waals surface area (Å²) in [5, 5.41) is 8.11. The zero-order valence-corrected chi connectivity index (χ0v) is 11.0. The van der Waals surface area contributed by atoms with Crippen LogP contribution in [0, 0.1) is 0 Å². The second kappa shape index (κ2) is 5.51. The van der Waals surface area contributed by atoms with Gasteiger partial charge in [-0.05, 0) is 18.4 Å². The largest absolute Gasteiger partial charge is 0.384 e. The fourth-order valence-corrected chi connectivity index (χ4v) is 3.40. The van der Waals surface area contributed by atoms with Gasteiger partial charge in [0.15, 0.2) is 8.68 Å². The Kier molecular flexibility index (Phi) is 4.03. The van der Waals surface area contributed by atoms with Crippen LogP contribution in [0.4, 0.5) is 5.82 Å². The van der Waals surface area contributed by atoms with Crippen molar-refractivity contribution in [3.8, 4) is 0 Å². The van der Waals surface area contributed by atoms with Crippen LogP contribution in [0.1, 0.15) is 5.69 Å². The Bertz CT molecular complexity index is 471. The number of rotatable bonds is 4. The Labute approximate surface area is 106 Å². The maximum atomic E-state index is 5.60. The van der Waals surface area contributed by atoms with Crippen LogP contribution in [0.25, 0.3) is 0 Å². The van der Waals surface area contributed by atoms with Gasteiger partial charge in [0.2, 0.25) is 0 Å². The van der Waals surface area contributed by atoms with Crippen LogP contribution < -0.4 is 5.73 Å². The fraction of sp³-hybridized carbons (Fsp3) is 0.222. The number of aromatic nitrogens is 3. The minimum atomic E-state index is 0.556. The highest BCUT2D eigenvalue weighted by molar-refractivity contribution is 8.02. The van der Waals surface area contributed by atoms with E-state index in [4.69, 9.17) is 5.73 Å². The normalized spacial score (nSPS) is 10.6. The van der Waals surface area contributed by atoms with E-state index in [1.54, 1.807) is 40.9 Å². The molecule has 0 bridgehead atoms. The van der Waals surface area contributed by atoms with Crippen molar-refractivity contribution >= 4 is 40.7 Å². The zero-order valence-electron chi connectivity index (χ0n) is 8.58. The Morgan fingerprint density at radius 1 is 1.31 bits per heavy atom. The summed E-state index contributed by atoms with van der Waals surface area (Å²) in [7, 11) is 0. The highest BCUT2D eigenvalue weighted by Crippen LogP contribution is 2.29. The summed E-state index contributed by atoms with van der Waals surface area (Å²) >= 11 is 4.84. The van der Waals surface area contributed by atoms with E-state index in [2.05, 4.69) is 15.2 Å². The predicted octanol–water partition coefficient (Wildman–Crippen LogP) is 2.53. The topological polar surface area (TPSA) is 64.7 Å². The van der Waals surface area contributed by atoms with Crippen LogP contribution in [0.15, 0.2) is 26.9 Å². The summed E-state index contributed by atoms with van der Waals surface area (Å²) in [6.07, 6.45) is 1.99. The summed E-state index contributed by atoms with van der Waals surface area (Å²) in [5.74, 6) is 1.33. The van der Waals surface area contributed by atoms with Crippen molar-refractivity contribution in [2.24, 2.45) is 0 Å². The molecule has 0 atom stereocenters. The molecule has 0 spiro atoms. The van der Waals surface area contributed by atoms with Crippen LogP contribution in [0.5, 0.6) is 0 Å². The molecule has 2 rings (SSSR count). The third-order valence-corrected chi connectivity index (χ3v) is 4.80. The number of nitrogens with two attached hydrogens (primary N) is 1. The van der Waals surface area contributed by atoms with Crippen molar-refractivity contribution in [1.82, 2.24) is 15.2 Å². The summed E-state index contributed by atoms with van der Waals surface area (Å²) in [6, 6.07) is 5.65. The van der Waals surface area contributed by atoms with E-state index in [1.807, 2.05) is 18.4 Å². The van der Waals surface area contributed by atoms with Crippen LogP contribution in [0.3, 0.4) is 0 Å². The second-order valence-electron chi connectivity index (χ2n) is 2.88. The van der Waals surface area contributed by atoms with Gasteiger partial charge in [-0.1, -0.05) is 40.9 Å². The monoisotopic (exact) mass is 270 g/mol. The molecule has 4 nitrogen and oxygen atoms in total. The lowest BCUT2D eigenvalue weighted by atomic mass is 10.4. The van der Waals surface area contributed by atoms with Crippen molar-refractivity contribution in [2.75, 3.05) is 12.0 Å². The number of thioether (sulfide) groups is 2. The summed E-state index contributed by atoms with van der Waals surface area (Å²) in [5.41, 5.74) is 6.57. The molecule has 2 aromatic heterocycles. The minimum absolute atomic E-state index is 0.556. The van der Waals surface area contributed by atoms with Crippen molar-refractivity contribution in [3.05, 3.63) is 23.9 Å². The Morgan fingerprint density at radius 2 is 2.12 bits per heavy atom. The number of anilines is 1. The van der Waals surface area contributed by atoms with Gasteiger partial charge in [0.05, 0.1) is 5.69 Å². The molecule has 0 unspecified atom stereocenters. The summed E-state index contributed by atoms with van der Waals surface area (Å²) < 4.78 is 1.96. The summed E-state index contributed by atoms with van der Waals surface area (Å²) in [6.45, 7) is 0. The van der Waals surface area contributed by atoms with E-state index in [1.165, 1.54) is 0 Å². The first-order valence-corrected chi connectivity index (χ1v) is 7.52. The lowest BCUT2D eigenvalue weighted by Crippen LogP contribution is -1.93. The molecular weight excluding hydrogens is 260 g/mol. The number of hydrogen-bond donors (Lipinski definition) is 1. The van der Waals surface area contributed by atoms with Crippen molar-refractivity contribution in [1.29, 1.82) is 0 Å². The predicted molar refractivity (Wildman–Crippen MR) is 69.9 cm³/mol. The van der Waals surface area contributed by atoms with Crippen molar-refractivity contribution in [2.45, 2.75) is 14.4 Å². The molecule has 0 aromatic carbocycles. The number of pyridine rings is 1. The van der Waals surface area contributed by atoms with Crippen molar-refractivity contribution < 1.29 is 0 Å². The third kappa shape index (κ3) is 3.10. The highest BCUT2D eigenvalue weighted by atomic mass is 32.2. The molecule has 0 saturated heterocycles. The molecule has 0 fully saturated rings. The van der Waals surface area contributed by atoms with E-state index in [-0.39, 0.29) is 0 Å². The van der Waals surface area contributed by atoms with Gasteiger partial charge in [0.25, 0.3) is 0 Å². The molecular formula is C9H10N4S3. The molecule has 0 amide bonds. The maximum Gasteiger partial charge on any atom is 0.175 e. The van der Waals surface area contributed by atoms with E-state index < -0.39 is 0 Å². The van der Waals surface area contributed by atoms with Crippen LogP contribution in [0.2, 0.25) is 0 Å². The SMILES string of the molecule is CSc1nnc(SCc2cccc(N)n2)s1. The molecule has 0 aliphatic rings. The van der Waals surface area contributed by atoms with E-state index in [9.17, 15) is 0 Å². The average molecular weight is 270 g/mol. The lowest BCUT2D eigenvalue weighted by molar-refractivity contribution is 0.955. The smallest absolute Gasteiger partial charge is 0.175 e. The molecule has 84 valence electrons. The van der Waals surface area contributed by atoms with Gasteiger partial charge in [-0.3, -0.25) is 0 Å². The molecule has 7 heteroatoms. The van der Waals surface area contributed by atoms with Gasteiger partial charge < -0.3 is 5.73 Å². The Balaban J connectivity index is 1.96. The molecule has 0 saturated carbocycles. The van der Waals surface area contributed by atoms with Gasteiger partial charge in [-0.15, -0.1) is 10.2 Å². The molecule has 0 aliphatic carbocycles. The molecule has 2 heterocycles. The van der Waals surface area contributed by atoms with Gasteiger partial charge in [-0.25, -0.2) is 4.98 Å². The minimum Gasteiger partial charge on any atom is -0.384 e. The first-order chi connectivity index (χ1) is 7.78. The van der Waals surface area contributed by atoms with Gasteiger partial charge >= 0.3 is 0 Å². The third-order valence-electron chi connectivity index (χ3n) is 1.73. The fourth-order valence-electron chi connectivity index (χ4n) is 1.05. The van der Waals surface area contributed by atoms with E-state index >= 15 is 0 Å². The molecule has 0 radical (unpaired) electrons. The molecule has 0 aliphatic heterocycles. The van der Waals surface area contributed by atoms with Crippen LogP contribution >= 0.6 is 34.9 Å². The first kappa shape index (κ1) is 11.7. The van der Waals surface area contributed by atoms with E-state index in [0.717, 1.165) is 20.1 Å². The number of hydrogen-bond acceptors (Lipinski definition) is 7. The number of nitrogen functional groups attached to an aromatic ring is 1. The van der Waals surface area contributed by atoms with Gasteiger partial charge in [0, 0.05) is 5.75 Å². The highest BCUT2D eigenvalue weighted by Gasteiger charge is 2.04. The average Bonchev–Trinajstić information content (AvgIpc) is 2.74. The Morgan fingerprint density at radius 3 is 2.81 bits per heavy atom. The first-order valence-electron chi connectivity index (χ1n) is 4.49. The van der Waals surface area contributed by atoms with Crippen LogP contribution in [-0.4, -0.2) is 21.4 Å². The molecule has 2 aromatic rings. The molecule has 2 N–H and O–H groups in total. The number of nitrogens with zero attached hydrogens (tertiary/aromatic N) is 3. The zero-order chi connectivity index (χ0) is 11.4.